The van der Waals surface area contributed by atoms with Gasteiger partial charge in [-0.1, -0.05) is 6.07 Å². The van der Waals surface area contributed by atoms with Crippen LogP contribution in [0.15, 0.2) is 12.1 Å². The summed E-state index contributed by atoms with van der Waals surface area (Å²) in [5.41, 5.74) is 0.236. The molecule has 0 atom stereocenters. The van der Waals surface area contributed by atoms with Crippen LogP contribution >= 0.6 is 0 Å². The lowest BCUT2D eigenvalue weighted by molar-refractivity contribution is -0.137. The number of unbranched alkanes of at least 4 members (excludes halogenated alkanes) is 1. The smallest absolute Gasteiger partial charge is 0.303 e. The van der Waals surface area contributed by atoms with Gasteiger partial charge in [-0.15, -0.1) is 0 Å². The molecule has 0 aliphatic heterocycles. The fraction of sp³-hybridized carbons (Fsp3) is 0.417. The van der Waals surface area contributed by atoms with Crippen molar-refractivity contribution in [3.63, 3.8) is 0 Å². The number of carbonyl (C=O) groups is 1. The zero-order valence-corrected chi connectivity index (χ0v) is 9.59. The van der Waals surface area contributed by atoms with Crippen molar-refractivity contribution >= 4 is 11.7 Å². The Kier molecular flexibility index (Phi) is 4.87. The number of aliphatic carboxylic acids is 1. The monoisotopic (exact) mass is 243 g/mol. The Bertz CT molecular complexity index is 408. The maximum atomic E-state index is 13.5. The molecule has 0 spiro atoms. The molecule has 0 radical (unpaired) electrons. The van der Waals surface area contributed by atoms with E-state index in [1.54, 1.807) is 6.92 Å². The van der Waals surface area contributed by atoms with E-state index in [2.05, 4.69) is 5.32 Å². The van der Waals surface area contributed by atoms with Crippen molar-refractivity contribution in [1.29, 1.82) is 0 Å². The van der Waals surface area contributed by atoms with E-state index in [0.29, 0.717) is 24.9 Å². The number of carboxylic acids is 1. The minimum absolute atomic E-state index is 0.0699. The quantitative estimate of drug-likeness (QED) is 0.755. The van der Waals surface area contributed by atoms with Gasteiger partial charge in [-0.25, -0.2) is 8.78 Å². The predicted octanol–water partition coefficient (Wildman–Crippen LogP) is 2.94. The summed E-state index contributed by atoms with van der Waals surface area (Å²) in [6, 6.07) is 2.58. The molecule has 3 nitrogen and oxygen atoms in total. The van der Waals surface area contributed by atoms with Crippen LogP contribution in [0, 0.1) is 18.6 Å². The molecule has 1 aromatic rings. The highest BCUT2D eigenvalue weighted by Gasteiger charge is 2.10. The van der Waals surface area contributed by atoms with Crippen LogP contribution in [0.5, 0.6) is 0 Å². The van der Waals surface area contributed by atoms with Gasteiger partial charge in [-0.3, -0.25) is 4.79 Å². The van der Waals surface area contributed by atoms with E-state index in [4.69, 9.17) is 5.11 Å². The highest BCUT2D eigenvalue weighted by molar-refractivity contribution is 5.66. The van der Waals surface area contributed by atoms with Crippen molar-refractivity contribution in [2.75, 3.05) is 11.9 Å². The fourth-order valence-electron chi connectivity index (χ4n) is 1.43. The molecule has 5 heteroatoms. The second-order valence-electron chi connectivity index (χ2n) is 3.83. The number of aryl methyl sites for hydroxylation is 1. The van der Waals surface area contributed by atoms with Crippen molar-refractivity contribution in [2.24, 2.45) is 0 Å². The van der Waals surface area contributed by atoms with E-state index in [0.717, 1.165) is 0 Å². The minimum Gasteiger partial charge on any atom is -0.481 e. The molecule has 2 N–H and O–H groups in total. The Hall–Kier alpha value is -1.65. The van der Waals surface area contributed by atoms with Gasteiger partial charge in [0.25, 0.3) is 0 Å². The highest BCUT2D eigenvalue weighted by atomic mass is 19.1. The molecule has 94 valence electrons. The summed E-state index contributed by atoms with van der Waals surface area (Å²) in [6.45, 7) is 1.91. The molecule has 0 fully saturated rings. The lowest BCUT2D eigenvalue weighted by Gasteiger charge is -2.09. The van der Waals surface area contributed by atoms with Crippen LogP contribution in [0.25, 0.3) is 0 Å². The Labute approximate surface area is 98.5 Å². The molecule has 0 aliphatic rings. The Morgan fingerprint density at radius 3 is 2.71 bits per heavy atom. The van der Waals surface area contributed by atoms with Gasteiger partial charge in [-0.05, 0) is 31.4 Å². The zero-order valence-electron chi connectivity index (χ0n) is 9.59. The summed E-state index contributed by atoms with van der Waals surface area (Å²) < 4.78 is 26.8. The van der Waals surface area contributed by atoms with Crippen molar-refractivity contribution in [3.8, 4) is 0 Å². The largest absolute Gasteiger partial charge is 0.481 e. The van der Waals surface area contributed by atoms with Gasteiger partial charge >= 0.3 is 5.97 Å². The molecule has 0 amide bonds. The third kappa shape index (κ3) is 4.01. The van der Waals surface area contributed by atoms with Crippen LogP contribution in [0.2, 0.25) is 0 Å². The molecular weight excluding hydrogens is 228 g/mol. The molecular formula is C12H15F2NO2. The van der Waals surface area contributed by atoms with E-state index in [-0.39, 0.29) is 12.1 Å². The lowest BCUT2D eigenvalue weighted by atomic mass is 10.2. The average Bonchev–Trinajstić information content (AvgIpc) is 2.27. The maximum absolute atomic E-state index is 13.5. The molecule has 0 aromatic heterocycles. The second kappa shape index (κ2) is 6.18. The van der Waals surface area contributed by atoms with E-state index in [1.165, 1.54) is 12.1 Å². The topological polar surface area (TPSA) is 49.3 Å². The number of anilines is 1. The number of nitrogens with one attached hydrogen (secondary N) is 1. The SMILES string of the molecule is Cc1ccc(F)c(NCCCCC(=O)O)c1F. The Morgan fingerprint density at radius 2 is 2.06 bits per heavy atom. The van der Waals surface area contributed by atoms with Gasteiger partial charge < -0.3 is 10.4 Å². The number of rotatable bonds is 6. The highest BCUT2D eigenvalue weighted by Crippen LogP contribution is 2.21. The van der Waals surface area contributed by atoms with Gasteiger partial charge in [0.05, 0.1) is 0 Å². The second-order valence-corrected chi connectivity index (χ2v) is 3.83. The Morgan fingerprint density at radius 1 is 1.35 bits per heavy atom. The van der Waals surface area contributed by atoms with Gasteiger partial charge in [0.2, 0.25) is 0 Å². The summed E-state index contributed by atoms with van der Waals surface area (Å²) in [5, 5.41) is 11.1. The number of carboxylic acid groups (broad SMARTS) is 1. The molecule has 1 rings (SSSR count). The van der Waals surface area contributed by atoms with E-state index < -0.39 is 17.6 Å². The summed E-state index contributed by atoms with van der Waals surface area (Å²) >= 11 is 0. The van der Waals surface area contributed by atoms with Crippen molar-refractivity contribution < 1.29 is 18.7 Å². The van der Waals surface area contributed by atoms with Gasteiger partial charge in [0.15, 0.2) is 5.82 Å². The summed E-state index contributed by atoms with van der Waals surface area (Å²) in [4.78, 5) is 10.2. The van der Waals surface area contributed by atoms with Crippen LogP contribution in [0.4, 0.5) is 14.5 Å². The lowest BCUT2D eigenvalue weighted by Crippen LogP contribution is -2.07. The first-order valence-electron chi connectivity index (χ1n) is 5.42. The molecule has 0 bridgehead atoms. The molecule has 0 saturated carbocycles. The van der Waals surface area contributed by atoms with Crippen molar-refractivity contribution in [1.82, 2.24) is 0 Å². The number of halogens is 2. The number of benzene rings is 1. The first kappa shape index (κ1) is 13.4. The minimum atomic E-state index is -0.863. The van der Waals surface area contributed by atoms with Crippen molar-refractivity contribution in [3.05, 3.63) is 29.3 Å². The Balaban J connectivity index is 2.46. The maximum Gasteiger partial charge on any atom is 0.303 e. The first-order valence-corrected chi connectivity index (χ1v) is 5.42. The van der Waals surface area contributed by atoms with E-state index in [9.17, 15) is 13.6 Å². The van der Waals surface area contributed by atoms with Crippen LogP contribution in [0.1, 0.15) is 24.8 Å². The zero-order chi connectivity index (χ0) is 12.8. The van der Waals surface area contributed by atoms with Crippen LogP contribution < -0.4 is 5.32 Å². The summed E-state index contributed by atoms with van der Waals surface area (Å²) in [7, 11) is 0. The van der Waals surface area contributed by atoms with Crippen molar-refractivity contribution in [2.45, 2.75) is 26.2 Å². The first-order chi connectivity index (χ1) is 8.02. The fourth-order valence-corrected chi connectivity index (χ4v) is 1.43. The van der Waals surface area contributed by atoms with Gasteiger partial charge in [-0.2, -0.15) is 0 Å². The summed E-state index contributed by atoms with van der Waals surface area (Å²) in [5.74, 6) is -2.09. The standard InChI is InChI=1S/C12H15F2NO2/c1-8-5-6-9(13)12(11(8)14)15-7-3-2-4-10(16)17/h5-6,15H,2-4,7H2,1H3,(H,16,17). The third-order valence-electron chi connectivity index (χ3n) is 2.40. The normalized spacial score (nSPS) is 10.3. The van der Waals surface area contributed by atoms with Gasteiger partial charge in [0, 0.05) is 13.0 Å². The van der Waals surface area contributed by atoms with Crippen LogP contribution in [-0.4, -0.2) is 17.6 Å². The average molecular weight is 243 g/mol. The molecule has 0 saturated heterocycles. The molecule has 0 aliphatic carbocycles. The van der Waals surface area contributed by atoms with Gasteiger partial charge in [0.1, 0.15) is 11.5 Å². The molecule has 0 unspecified atom stereocenters. The van der Waals surface area contributed by atoms with E-state index >= 15 is 0 Å². The third-order valence-corrected chi connectivity index (χ3v) is 2.40. The summed E-state index contributed by atoms with van der Waals surface area (Å²) in [6.07, 6.45) is 1.11. The predicted molar refractivity (Wildman–Crippen MR) is 61.1 cm³/mol. The molecule has 1 aromatic carbocycles. The number of hydrogen-bond acceptors (Lipinski definition) is 2. The number of hydrogen-bond donors (Lipinski definition) is 2. The van der Waals surface area contributed by atoms with E-state index in [1.807, 2.05) is 0 Å². The molecule has 17 heavy (non-hydrogen) atoms. The van der Waals surface area contributed by atoms with Crippen LogP contribution in [-0.2, 0) is 4.79 Å². The van der Waals surface area contributed by atoms with Crippen LogP contribution in [0.3, 0.4) is 0 Å². The molecule has 0 heterocycles.